The molecule has 3 N–H and O–H groups in total. The maximum Gasteiger partial charge on any atom is 0.241 e. The molecule has 0 aromatic heterocycles. The third-order valence-electron chi connectivity index (χ3n) is 3.79. The number of nitrogens with two attached hydrogens (primary N) is 1. The first-order valence-electron chi connectivity index (χ1n) is 6.84. The van der Waals surface area contributed by atoms with Crippen molar-refractivity contribution < 1.29 is 9.90 Å². The Labute approximate surface area is 114 Å². The van der Waals surface area contributed by atoms with E-state index in [0.717, 1.165) is 6.42 Å². The Kier molecular flexibility index (Phi) is 4.56. The first-order chi connectivity index (χ1) is 9.11. The minimum Gasteiger partial charge on any atom is -0.394 e. The third-order valence-corrected chi connectivity index (χ3v) is 3.79. The Bertz CT molecular complexity index is 459. The Morgan fingerprint density at radius 2 is 2.16 bits per heavy atom. The molecule has 19 heavy (non-hydrogen) atoms. The fourth-order valence-electron chi connectivity index (χ4n) is 2.55. The predicted molar refractivity (Wildman–Crippen MR) is 74.9 cm³/mol. The van der Waals surface area contributed by atoms with Crippen molar-refractivity contribution in [2.75, 3.05) is 20.2 Å². The van der Waals surface area contributed by atoms with Gasteiger partial charge < -0.3 is 15.7 Å². The third kappa shape index (κ3) is 3.33. The summed E-state index contributed by atoms with van der Waals surface area (Å²) in [4.78, 5) is 13.3. The van der Waals surface area contributed by atoms with E-state index < -0.39 is 6.04 Å². The highest BCUT2D eigenvalue weighted by Gasteiger charge is 2.17. The van der Waals surface area contributed by atoms with Crippen molar-refractivity contribution in [1.82, 2.24) is 4.90 Å². The lowest BCUT2D eigenvalue weighted by Crippen LogP contribution is -2.44. The number of nitrogens with zero attached hydrogens (tertiary/aromatic N) is 1. The first-order valence-corrected chi connectivity index (χ1v) is 6.84. The molecule has 0 spiro atoms. The van der Waals surface area contributed by atoms with Gasteiger partial charge in [0.1, 0.15) is 6.04 Å². The fourth-order valence-corrected chi connectivity index (χ4v) is 2.55. The van der Waals surface area contributed by atoms with Gasteiger partial charge in [-0.05, 0) is 42.4 Å². The minimum absolute atomic E-state index is 0.205. The van der Waals surface area contributed by atoms with Crippen LogP contribution in [0.15, 0.2) is 18.2 Å². The Hall–Kier alpha value is -1.39. The van der Waals surface area contributed by atoms with Crippen LogP contribution < -0.4 is 5.73 Å². The molecule has 1 aromatic rings. The lowest BCUT2D eigenvalue weighted by molar-refractivity contribution is -0.132. The second-order valence-electron chi connectivity index (χ2n) is 5.26. The average molecular weight is 262 g/mol. The number of aryl methyl sites for hydroxylation is 2. The molecule has 0 radical (unpaired) electrons. The minimum atomic E-state index is -0.801. The van der Waals surface area contributed by atoms with Gasteiger partial charge in [0.15, 0.2) is 0 Å². The molecule has 1 aromatic carbocycles. The molecule has 0 fully saturated rings. The molecule has 104 valence electrons. The molecule has 0 aliphatic heterocycles. The molecular formula is C15H22N2O2. The zero-order chi connectivity index (χ0) is 13.8. The van der Waals surface area contributed by atoms with Gasteiger partial charge in [0.05, 0.1) is 6.61 Å². The lowest BCUT2D eigenvalue weighted by atomic mass is 10.0. The quantitative estimate of drug-likeness (QED) is 0.812. The number of amides is 1. The van der Waals surface area contributed by atoms with Crippen LogP contribution in [0.5, 0.6) is 0 Å². The molecular weight excluding hydrogens is 240 g/mol. The molecule has 1 aliphatic carbocycles. The Morgan fingerprint density at radius 1 is 1.42 bits per heavy atom. The highest BCUT2D eigenvalue weighted by Crippen LogP contribution is 2.23. The maximum absolute atomic E-state index is 11.7. The zero-order valence-corrected chi connectivity index (χ0v) is 11.4. The van der Waals surface area contributed by atoms with Crippen molar-refractivity contribution in [2.24, 2.45) is 5.73 Å². The largest absolute Gasteiger partial charge is 0.394 e. The van der Waals surface area contributed by atoms with E-state index in [1.54, 1.807) is 11.9 Å². The number of hydrogen-bond donors (Lipinski definition) is 2. The summed E-state index contributed by atoms with van der Waals surface area (Å²) in [6.07, 6.45) is 4.45. The second kappa shape index (κ2) is 6.17. The fraction of sp³-hybridized carbons (Fsp3) is 0.533. The van der Waals surface area contributed by atoms with E-state index in [0.29, 0.717) is 6.54 Å². The maximum atomic E-state index is 11.7. The zero-order valence-electron chi connectivity index (χ0n) is 11.4. The van der Waals surface area contributed by atoms with Gasteiger partial charge in [-0.2, -0.15) is 0 Å². The number of likely N-dealkylation sites (N-methyl/N-ethyl adjacent to an activating group) is 1. The number of aliphatic hydroxyl groups excluding tert-OH is 1. The van der Waals surface area contributed by atoms with Crippen LogP contribution in [-0.4, -0.2) is 42.2 Å². The van der Waals surface area contributed by atoms with Crippen LogP contribution in [0.3, 0.4) is 0 Å². The number of fused-ring (bicyclic) bond motifs is 1. The van der Waals surface area contributed by atoms with Crippen molar-refractivity contribution >= 4 is 5.91 Å². The van der Waals surface area contributed by atoms with E-state index >= 15 is 0 Å². The van der Waals surface area contributed by atoms with Gasteiger partial charge in [0.25, 0.3) is 0 Å². The molecule has 4 nitrogen and oxygen atoms in total. The predicted octanol–water partition coefficient (Wildman–Crippen LogP) is 0.496. The molecule has 1 unspecified atom stereocenters. The highest BCUT2D eigenvalue weighted by molar-refractivity contribution is 5.81. The van der Waals surface area contributed by atoms with E-state index in [9.17, 15) is 4.79 Å². The number of aliphatic hydroxyl groups is 1. The van der Waals surface area contributed by atoms with E-state index in [-0.39, 0.29) is 12.5 Å². The second-order valence-corrected chi connectivity index (χ2v) is 5.26. The van der Waals surface area contributed by atoms with Crippen LogP contribution in [-0.2, 0) is 24.1 Å². The van der Waals surface area contributed by atoms with Crippen LogP contribution in [0.25, 0.3) is 0 Å². The molecule has 0 saturated heterocycles. The molecule has 4 heteroatoms. The summed E-state index contributed by atoms with van der Waals surface area (Å²) in [6.45, 7) is 0.327. The van der Waals surface area contributed by atoms with Gasteiger partial charge in [-0.15, -0.1) is 0 Å². The van der Waals surface area contributed by atoms with Crippen molar-refractivity contribution in [1.29, 1.82) is 0 Å². The molecule has 2 rings (SSSR count). The summed E-state index contributed by atoms with van der Waals surface area (Å²) in [5.41, 5.74) is 9.71. The number of rotatable bonds is 5. The van der Waals surface area contributed by atoms with Crippen molar-refractivity contribution in [2.45, 2.75) is 31.7 Å². The molecule has 1 atom stereocenters. The van der Waals surface area contributed by atoms with Gasteiger partial charge in [-0.1, -0.05) is 18.2 Å². The Balaban J connectivity index is 1.90. The number of carbonyl (C=O) groups excluding carboxylic acids is 1. The SMILES string of the molecule is CN(CCc1ccc2c(c1)CCC2)C(=O)C(N)CO. The number of carbonyl (C=O) groups is 1. The lowest BCUT2D eigenvalue weighted by Gasteiger charge is -2.20. The van der Waals surface area contributed by atoms with Crippen LogP contribution in [0.4, 0.5) is 0 Å². The summed E-state index contributed by atoms with van der Waals surface area (Å²) >= 11 is 0. The Morgan fingerprint density at radius 3 is 2.89 bits per heavy atom. The van der Waals surface area contributed by atoms with Gasteiger partial charge in [0, 0.05) is 13.6 Å². The summed E-state index contributed by atoms with van der Waals surface area (Å²) in [6, 6.07) is 5.81. The molecule has 1 aliphatic rings. The topological polar surface area (TPSA) is 66.6 Å². The summed E-state index contributed by atoms with van der Waals surface area (Å²) in [7, 11) is 1.73. The van der Waals surface area contributed by atoms with Gasteiger partial charge in [-0.25, -0.2) is 0 Å². The molecule has 0 saturated carbocycles. The monoisotopic (exact) mass is 262 g/mol. The van der Waals surface area contributed by atoms with Gasteiger partial charge in [-0.3, -0.25) is 4.79 Å². The van der Waals surface area contributed by atoms with Crippen LogP contribution in [0.1, 0.15) is 23.1 Å². The molecule has 0 bridgehead atoms. The van der Waals surface area contributed by atoms with Crippen LogP contribution in [0.2, 0.25) is 0 Å². The van der Waals surface area contributed by atoms with E-state index in [2.05, 4.69) is 18.2 Å². The van der Waals surface area contributed by atoms with Crippen LogP contribution in [0, 0.1) is 0 Å². The summed E-state index contributed by atoms with van der Waals surface area (Å²) in [5.74, 6) is -0.205. The standard InChI is InChI=1S/C15H22N2O2/c1-17(15(19)14(16)10-18)8-7-11-5-6-12-3-2-4-13(12)9-11/h5-6,9,14,18H,2-4,7-8,10,16H2,1H3. The van der Waals surface area contributed by atoms with E-state index in [1.165, 1.54) is 36.0 Å². The van der Waals surface area contributed by atoms with Crippen LogP contribution >= 0.6 is 0 Å². The van der Waals surface area contributed by atoms with Crippen molar-refractivity contribution in [3.63, 3.8) is 0 Å². The average Bonchev–Trinajstić information content (AvgIpc) is 2.90. The highest BCUT2D eigenvalue weighted by atomic mass is 16.3. The van der Waals surface area contributed by atoms with Crippen molar-refractivity contribution in [3.8, 4) is 0 Å². The van der Waals surface area contributed by atoms with E-state index in [4.69, 9.17) is 10.8 Å². The van der Waals surface area contributed by atoms with E-state index in [1.807, 2.05) is 0 Å². The summed E-state index contributed by atoms with van der Waals surface area (Å²) in [5, 5.41) is 8.87. The first kappa shape index (κ1) is 14.0. The summed E-state index contributed by atoms with van der Waals surface area (Å²) < 4.78 is 0. The van der Waals surface area contributed by atoms with Gasteiger partial charge >= 0.3 is 0 Å². The smallest absolute Gasteiger partial charge is 0.241 e. The van der Waals surface area contributed by atoms with Gasteiger partial charge in [0.2, 0.25) is 5.91 Å². The normalized spacial score (nSPS) is 15.1. The number of benzene rings is 1. The molecule has 0 heterocycles. The number of hydrogen-bond acceptors (Lipinski definition) is 3. The van der Waals surface area contributed by atoms with Crippen molar-refractivity contribution in [3.05, 3.63) is 34.9 Å². The molecule has 1 amide bonds.